The Balaban J connectivity index is 2.67. The van der Waals surface area contributed by atoms with Crippen LogP contribution in [0.25, 0.3) is 0 Å². The molecule has 1 atom stereocenters. The van der Waals surface area contributed by atoms with Gasteiger partial charge in [0.25, 0.3) is 5.91 Å². The SMILES string of the molecule is CC(C)[C@](C)(C#N)NC(=O)COC(=O)c1cc(Cl)ccc1N. The molecule has 22 heavy (non-hydrogen) atoms. The van der Waals surface area contributed by atoms with E-state index >= 15 is 0 Å². The summed E-state index contributed by atoms with van der Waals surface area (Å²) in [6.45, 7) is 4.71. The van der Waals surface area contributed by atoms with Crippen molar-refractivity contribution in [2.75, 3.05) is 12.3 Å². The Hall–Kier alpha value is -2.26. The minimum Gasteiger partial charge on any atom is -0.452 e. The largest absolute Gasteiger partial charge is 0.452 e. The number of anilines is 1. The van der Waals surface area contributed by atoms with Crippen LogP contribution in [0, 0.1) is 17.2 Å². The van der Waals surface area contributed by atoms with Gasteiger partial charge in [0.15, 0.2) is 6.61 Å². The third kappa shape index (κ3) is 4.37. The first-order valence-electron chi connectivity index (χ1n) is 6.64. The zero-order chi connectivity index (χ0) is 16.9. The van der Waals surface area contributed by atoms with E-state index in [9.17, 15) is 9.59 Å². The van der Waals surface area contributed by atoms with E-state index in [-0.39, 0.29) is 17.2 Å². The highest BCUT2D eigenvalue weighted by Gasteiger charge is 2.30. The maximum Gasteiger partial charge on any atom is 0.340 e. The van der Waals surface area contributed by atoms with Gasteiger partial charge in [-0.3, -0.25) is 4.79 Å². The van der Waals surface area contributed by atoms with Crippen LogP contribution >= 0.6 is 11.6 Å². The fourth-order valence-corrected chi connectivity index (χ4v) is 1.71. The van der Waals surface area contributed by atoms with Crippen LogP contribution in [0.15, 0.2) is 18.2 Å². The summed E-state index contributed by atoms with van der Waals surface area (Å²) in [7, 11) is 0. The minimum absolute atomic E-state index is 0.0900. The Kier molecular flexibility index (Phi) is 5.77. The van der Waals surface area contributed by atoms with Crippen LogP contribution in [0.2, 0.25) is 5.02 Å². The monoisotopic (exact) mass is 323 g/mol. The summed E-state index contributed by atoms with van der Waals surface area (Å²) in [5.74, 6) is -1.41. The first-order chi connectivity index (χ1) is 10.2. The van der Waals surface area contributed by atoms with E-state index in [2.05, 4.69) is 5.32 Å². The Morgan fingerprint density at radius 1 is 1.50 bits per heavy atom. The third-order valence-electron chi connectivity index (χ3n) is 3.36. The van der Waals surface area contributed by atoms with Gasteiger partial charge in [-0.1, -0.05) is 25.4 Å². The van der Waals surface area contributed by atoms with E-state index in [4.69, 9.17) is 27.3 Å². The zero-order valence-electron chi connectivity index (χ0n) is 12.6. The highest BCUT2D eigenvalue weighted by Crippen LogP contribution is 2.19. The Labute approximate surface area is 134 Å². The number of hydrogen-bond acceptors (Lipinski definition) is 5. The van der Waals surface area contributed by atoms with Crippen molar-refractivity contribution in [3.8, 4) is 6.07 Å². The van der Waals surface area contributed by atoms with E-state index in [1.54, 1.807) is 13.0 Å². The molecule has 0 aliphatic heterocycles. The molecule has 0 saturated carbocycles. The molecule has 0 aromatic heterocycles. The lowest BCUT2D eigenvalue weighted by atomic mass is 9.90. The molecule has 1 aromatic rings. The molecule has 0 bridgehead atoms. The Morgan fingerprint density at radius 2 is 2.14 bits per heavy atom. The van der Waals surface area contributed by atoms with Gasteiger partial charge in [-0.2, -0.15) is 5.26 Å². The highest BCUT2D eigenvalue weighted by atomic mass is 35.5. The van der Waals surface area contributed by atoms with Crippen LogP contribution in [0.3, 0.4) is 0 Å². The lowest BCUT2D eigenvalue weighted by Gasteiger charge is -2.27. The summed E-state index contributed by atoms with van der Waals surface area (Å²) in [6.07, 6.45) is 0. The highest BCUT2D eigenvalue weighted by molar-refractivity contribution is 6.31. The second-order valence-corrected chi connectivity index (χ2v) is 5.76. The molecule has 0 heterocycles. The summed E-state index contributed by atoms with van der Waals surface area (Å²) < 4.78 is 4.90. The first kappa shape index (κ1) is 17.8. The average molecular weight is 324 g/mol. The number of hydrogen-bond donors (Lipinski definition) is 2. The van der Waals surface area contributed by atoms with Crippen molar-refractivity contribution >= 4 is 29.2 Å². The molecule has 1 rings (SSSR count). The van der Waals surface area contributed by atoms with Crippen LogP contribution in [0.5, 0.6) is 0 Å². The molecule has 7 heteroatoms. The van der Waals surface area contributed by atoms with Gasteiger partial charge in [0.1, 0.15) is 5.54 Å². The fraction of sp³-hybridized carbons (Fsp3) is 0.400. The van der Waals surface area contributed by atoms with E-state index in [0.29, 0.717) is 5.02 Å². The molecule has 0 aliphatic carbocycles. The number of halogens is 1. The van der Waals surface area contributed by atoms with Gasteiger partial charge in [-0.05, 0) is 31.0 Å². The molecule has 1 amide bonds. The normalized spacial score (nSPS) is 13.1. The summed E-state index contributed by atoms with van der Waals surface area (Å²) in [6, 6.07) is 6.42. The van der Waals surface area contributed by atoms with Crippen molar-refractivity contribution in [1.82, 2.24) is 5.32 Å². The van der Waals surface area contributed by atoms with Gasteiger partial charge < -0.3 is 15.8 Å². The van der Waals surface area contributed by atoms with Crippen molar-refractivity contribution in [2.45, 2.75) is 26.3 Å². The number of nitrogens with one attached hydrogen (secondary N) is 1. The van der Waals surface area contributed by atoms with E-state index in [0.717, 1.165) is 0 Å². The van der Waals surface area contributed by atoms with Crippen molar-refractivity contribution < 1.29 is 14.3 Å². The van der Waals surface area contributed by atoms with Crippen molar-refractivity contribution in [3.63, 3.8) is 0 Å². The molecule has 118 valence electrons. The van der Waals surface area contributed by atoms with Gasteiger partial charge in [0.2, 0.25) is 0 Å². The number of nitriles is 1. The topological polar surface area (TPSA) is 105 Å². The fourth-order valence-electron chi connectivity index (χ4n) is 1.54. The smallest absolute Gasteiger partial charge is 0.340 e. The van der Waals surface area contributed by atoms with Gasteiger partial charge in [0.05, 0.1) is 11.6 Å². The molecule has 0 unspecified atom stereocenters. The van der Waals surface area contributed by atoms with Gasteiger partial charge in [0, 0.05) is 10.7 Å². The van der Waals surface area contributed by atoms with E-state index < -0.39 is 24.0 Å². The van der Waals surface area contributed by atoms with Crippen molar-refractivity contribution in [1.29, 1.82) is 5.26 Å². The number of nitrogens with zero attached hydrogens (tertiary/aromatic N) is 1. The number of carbonyl (C=O) groups is 2. The standard InChI is InChI=1S/C15H18ClN3O3/c1-9(2)15(3,8-17)19-13(20)7-22-14(21)11-6-10(16)4-5-12(11)18/h4-6,9H,7,18H2,1-3H3,(H,19,20)/t15-/m0/s1. The molecular weight excluding hydrogens is 306 g/mol. The van der Waals surface area contributed by atoms with Crippen LogP contribution in [-0.4, -0.2) is 24.0 Å². The van der Waals surface area contributed by atoms with Crippen molar-refractivity contribution in [3.05, 3.63) is 28.8 Å². The maximum absolute atomic E-state index is 11.9. The summed E-state index contributed by atoms with van der Waals surface area (Å²) in [5.41, 5.74) is 4.92. The molecule has 3 N–H and O–H groups in total. The number of nitrogen functional groups attached to an aromatic ring is 1. The molecule has 6 nitrogen and oxygen atoms in total. The summed E-state index contributed by atoms with van der Waals surface area (Å²) >= 11 is 5.79. The number of carbonyl (C=O) groups excluding carboxylic acids is 2. The van der Waals surface area contributed by atoms with Gasteiger partial charge >= 0.3 is 5.97 Å². The summed E-state index contributed by atoms with van der Waals surface area (Å²) in [5, 5.41) is 12.0. The van der Waals surface area contributed by atoms with Crippen LogP contribution in [0.1, 0.15) is 31.1 Å². The molecular formula is C15H18ClN3O3. The van der Waals surface area contributed by atoms with Crippen LogP contribution in [-0.2, 0) is 9.53 Å². The number of amides is 1. The predicted octanol–water partition coefficient (Wildman–Crippen LogP) is 2.13. The van der Waals surface area contributed by atoms with Crippen LogP contribution < -0.4 is 11.1 Å². The maximum atomic E-state index is 11.9. The lowest BCUT2D eigenvalue weighted by molar-refractivity contribution is -0.125. The lowest BCUT2D eigenvalue weighted by Crippen LogP contribution is -2.50. The van der Waals surface area contributed by atoms with E-state index in [1.807, 2.05) is 19.9 Å². The predicted molar refractivity (Wildman–Crippen MR) is 83.1 cm³/mol. The number of nitrogens with two attached hydrogens (primary N) is 1. The minimum atomic E-state index is -1.03. The summed E-state index contributed by atoms with van der Waals surface area (Å²) in [4.78, 5) is 23.7. The molecule has 0 spiro atoms. The third-order valence-corrected chi connectivity index (χ3v) is 3.59. The average Bonchev–Trinajstić information content (AvgIpc) is 2.46. The Morgan fingerprint density at radius 3 is 2.68 bits per heavy atom. The molecule has 0 aliphatic rings. The van der Waals surface area contributed by atoms with Crippen LogP contribution in [0.4, 0.5) is 5.69 Å². The van der Waals surface area contributed by atoms with Crippen molar-refractivity contribution in [2.24, 2.45) is 5.92 Å². The number of esters is 1. The molecule has 1 aromatic carbocycles. The zero-order valence-corrected chi connectivity index (χ0v) is 13.4. The van der Waals surface area contributed by atoms with E-state index in [1.165, 1.54) is 12.1 Å². The second-order valence-electron chi connectivity index (χ2n) is 5.32. The number of rotatable bonds is 5. The molecule has 0 fully saturated rings. The van der Waals surface area contributed by atoms with Gasteiger partial charge in [-0.25, -0.2) is 4.79 Å². The van der Waals surface area contributed by atoms with Gasteiger partial charge in [-0.15, -0.1) is 0 Å². The molecule has 0 radical (unpaired) electrons. The molecule has 0 saturated heterocycles. The number of ether oxygens (including phenoxy) is 1. The second kappa shape index (κ2) is 7.14. The Bertz CT molecular complexity index is 625. The quantitative estimate of drug-likeness (QED) is 0.638. The first-order valence-corrected chi connectivity index (χ1v) is 7.02. The number of benzene rings is 1.